The van der Waals surface area contributed by atoms with Crippen molar-refractivity contribution in [3.63, 3.8) is 0 Å². The Hall–Kier alpha value is -1.73. The van der Waals surface area contributed by atoms with Crippen LogP contribution in [0.25, 0.3) is 0 Å². The van der Waals surface area contributed by atoms with Gasteiger partial charge in [-0.2, -0.15) is 0 Å². The maximum absolute atomic E-state index is 10.4. The molecule has 0 bridgehead atoms. The predicted octanol–water partition coefficient (Wildman–Crippen LogP) is 2.69. The highest BCUT2D eigenvalue weighted by Crippen LogP contribution is 2.30. The van der Waals surface area contributed by atoms with E-state index in [9.17, 15) is 13.0 Å². The number of benzene rings is 2. The van der Waals surface area contributed by atoms with Crippen LogP contribution in [-0.4, -0.2) is 44.7 Å². The molecule has 0 aromatic heterocycles. The van der Waals surface area contributed by atoms with Gasteiger partial charge in [0.05, 0.1) is 19.0 Å². The number of likely N-dealkylation sites (N-methyl/N-ethyl adjacent to an activating group) is 1. The number of quaternary nitrogens is 1. The second-order valence-electron chi connectivity index (χ2n) is 6.40. The minimum absolute atomic E-state index is 0.178. The molecule has 5 nitrogen and oxygen atoms in total. The van der Waals surface area contributed by atoms with E-state index in [0.29, 0.717) is 0 Å². The van der Waals surface area contributed by atoms with Crippen LogP contribution in [0.1, 0.15) is 17.4 Å². The van der Waals surface area contributed by atoms with Crippen molar-refractivity contribution in [2.24, 2.45) is 0 Å². The molecule has 6 heteroatoms. The van der Waals surface area contributed by atoms with E-state index in [1.807, 2.05) is 13.0 Å². The Morgan fingerprint density at radius 1 is 1.04 bits per heavy atom. The Labute approximate surface area is 143 Å². The number of rotatable bonds is 2. The third kappa shape index (κ3) is 4.88. The number of hydrogen-bond acceptors (Lipinski definition) is 4. The van der Waals surface area contributed by atoms with Crippen LogP contribution in [0.5, 0.6) is 0 Å². The van der Waals surface area contributed by atoms with Crippen LogP contribution in [-0.2, 0) is 14.9 Å². The molecular weight excluding hydrogens is 326 g/mol. The summed E-state index contributed by atoms with van der Waals surface area (Å²) in [4.78, 5) is -0.178. The lowest BCUT2D eigenvalue weighted by Gasteiger charge is -2.29. The van der Waals surface area contributed by atoms with Gasteiger partial charge in [-0.1, -0.05) is 48.0 Å². The van der Waals surface area contributed by atoms with Crippen LogP contribution >= 0.6 is 0 Å². The van der Waals surface area contributed by atoms with Gasteiger partial charge < -0.3 is 9.29 Å². The van der Waals surface area contributed by atoms with Gasteiger partial charge in [-0.3, -0.25) is 4.48 Å². The van der Waals surface area contributed by atoms with Crippen molar-refractivity contribution >= 4 is 10.1 Å². The largest absolute Gasteiger partial charge is 0.744 e. The summed E-state index contributed by atoms with van der Waals surface area (Å²) < 4.78 is 37.8. The Morgan fingerprint density at radius 3 is 2.08 bits per heavy atom. The average molecular weight is 349 g/mol. The smallest absolute Gasteiger partial charge is 0.219 e. The zero-order valence-corrected chi connectivity index (χ0v) is 15.0. The Balaban J connectivity index is 0.000000177. The fraction of sp³-hybridized carbons (Fsp3) is 0.333. The fourth-order valence-corrected chi connectivity index (χ4v) is 3.01. The topological polar surface area (TPSA) is 66.4 Å². The van der Waals surface area contributed by atoms with Crippen molar-refractivity contribution in [2.45, 2.75) is 18.0 Å². The van der Waals surface area contributed by atoms with Gasteiger partial charge >= 0.3 is 0 Å². The first-order valence-corrected chi connectivity index (χ1v) is 9.13. The summed E-state index contributed by atoms with van der Waals surface area (Å²) >= 11 is 0. The average Bonchev–Trinajstić information content (AvgIpc) is 2.88. The SMILES string of the molecule is C[N+]1(C)CCOC1c1ccccc1.Cc1ccc(S(=O)(=O)[O-])cc1. The van der Waals surface area contributed by atoms with Gasteiger partial charge in [0.25, 0.3) is 0 Å². The van der Waals surface area contributed by atoms with Crippen LogP contribution < -0.4 is 0 Å². The van der Waals surface area contributed by atoms with Gasteiger partial charge in [-0.05, 0) is 19.1 Å². The molecule has 0 saturated carbocycles. The second-order valence-corrected chi connectivity index (χ2v) is 7.78. The maximum Gasteiger partial charge on any atom is 0.219 e. The molecular formula is C18H23NO4S. The van der Waals surface area contributed by atoms with Crippen molar-refractivity contribution < 1.29 is 22.2 Å². The van der Waals surface area contributed by atoms with Crippen molar-refractivity contribution in [1.82, 2.24) is 0 Å². The molecule has 2 aromatic rings. The predicted molar refractivity (Wildman–Crippen MR) is 91.3 cm³/mol. The van der Waals surface area contributed by atoms with Crippen molar-refractivity contribution in [3.8, 4) is 0 Å². The van der Waals surface area contributed by atoms with E-state index in [0.717, 1.165) is 23.2 Å². The van der Waals surface area contributed by atoms with Crippen molar-refractivity contribution in [2.75, 3.05) is 27.2 Å². The van der Waals surface area contributed by atoms with E-state index in [4.69, 9.17) is 4.74 Å². The molecule has 2 aromatic carbocycles. The molecule has 1 fully saturated rings. The molecule has 3 rings (SSSR count). The van der Waals surface area contributed by atoms with Crippen LogP contribution in [0.4, 0.5) is 0 Å². The van der Waals surface area contributed by atoms with E-state index in [1.54, 1.807) is 12.1 Å². The van der Waals surface area contributed by atoms with Crippen molar-refractivity contribution in [1.29, 1.82) is 0 Å². The third-order valence-corrected chi connectivity index (χ3v) is 4.82. The van der Waals surface area contributed by atoms with Crippen LogP contribution in [0.3, 0.4) is 0 Å². The van der Waals surface area contributed by atoms with E-state index in [1.165, 1.54) is 17.7 Å². The summed E-state index contributed by atoms with van der Waals surface area (Å²) in [6.07, 6.45) is 0.223. The van der Waals surface area contributed by atoms with Crippen LogP contribution in [0.15, 0.2) is 59.5 Å². The molecule has 1 atom stereocenters. The molecule has 0 amide bonds. The maximum atomic E-state index is 10.4. The zero-order chi connectivity index (χ0) is 17.8. The van der Waals surface area contributed by atoms with Gasteiger partial charge in [-0.25, -0.2) is 8.42 Å². The lowest BCUT2D eigenvalue weighted by Crippen LogP contribution is -2.38. The lowest BCUT2D eigenvalue weighted by atomic mass is 10.2. The monoisotopic (exact) mass is 349 g/mol. The first-order valence-electron chi connectivity index (χ1n) is 7.72. The molecule has 24 heavy (non-hydrogen) atoms. The molecule has 1 aliphatic heterocycles. The molecule has 1 unspecified atom stereocenters. The summed E-state index contributed by atoms with van der Waals surface area (Å²) in [7, 11) is 0.156. The second kappa shape index (κ2) is 7.44. The number of aryl methyl sites for hydroxylation is 1. The number of nitrogens with zero attached hydrogens (tertiary/aromatic N) is 1. The first kappa shape index (κ1) is 18.6. The zero-order valence-electron chi connectivity index (χ0n) is 14.2. The highest BCUT2D eigenvalue weighted by molar-refractivity contribution is 7.85. The summed E-state index contributed by atoms with van der Waals surface area (Å²) in [5.41, 5.74) is 2.21. The van der Waals surface area contributed by atoms with E-state index in [2.05, 4.69) is 38.4 Å². The lowest BCUT2D eigenvalue weighted by molar-refractivity contribution is -0.920. The molecule has 0 radical (unpaired) electrons. The summed E-state index contributed by atoms with van der Waals surface area (Å²) in [6, 6.07) is 16.2. The quantitative estimate of drug-likeness (QED) is 0.618. The van der Waals surface area contributed by atoms with Gasteiger partial charge in [0.2, 0.25) is 6.23 Å². The van der Waals surface area contributed by atoms with Gasteiger partial charge in [0, 0.05) is 5.56 Å². The summed E-state index contributed by atoms with van der Waals surface area (Å²) in [6.45, 7) is 3.79. The molecule has 0 spiro atoms. The number of hydrogen-bond donors (Lipinski definition) is 0. The molecule has 1 saturated heterocycles. The minimum Gasteiger partial charge on any atom is -0.744 e. The standard InChI is InChI=1S/C11H16NO.C7H8O3S/c1-12(2)8-9-13-11(12)10-6-4-3-5-7-10;1-6-2-4-7(5-3-6)11(8,9)10/h3-7,11H,8-9H2,1-2H3;2-5H,1H3,(H,8,9,10)/q+1;/p-1. The molecule has 0 N–H and O–H groups in total. The Morgan fingerprint density at radius 2 is 1.62 bits per heavy atom. The minimum atomic E-state index is -4.27. The van der Waals surface area contributed by atoms with E-state index < -0.39 is 10.1 Å². The van der Waals surface area contributed by atoms with Gasteiger partial charge in [0.15, 0.2) is 0 Å². The summed E-state index contributed by atoms with van der Waals surface area (Å²) in [5.74, 6) is 0. The van der Waals surface area contributed by atoms with E-state index in [-0.39, 0.29) is 11.1 Å². The van der Waals surface area contributed by atoms with Crippen LogP contribution in [0, 0.1) is 6.92 Å². The van der Waals surface area contributed by atoms with Gasteiger partial charge in [-0.15, -0.1) is 0 Å². The van der Waals surface area contributed by atoms with Crippen LogP contribution in [0.2, 0.25) is 0 Å². The third-order valence-electron chi connectivity index (χ3n) is 3.97. The van der Waals surface area contributed by atoms with Gasteiger partial charge in [0.1, 0.15) is 23.3 Å². The van der Waals surface area contributed by atoms with E-state index >= 15 is 0 Å². The molecule has 0 aliphatic carbocycles. The fourth-order valence-electron chi connectivity index (χ4n) is 2.54. The Kier molecular flexibility index (Phi) is 5.77. The molecule has 1 aliphatic rings. The van der Waals surface area contributed by atoms with Crippen molar-refractivity contribution in [3.05, 3.63) is 65.7 Å². The highest BCUT2D eigenvalue weighted by Gasteiger charge is 2.36. The highest BCUT2D eigenvalue weighted by atomic mass is 32.2. The normalized spacial score (nSPS) is 19.4. The first-order chi connectivity index (χ1) is 11.2. The summed E-state index contributed by atoms with van der Waals surface area (Å²) in [5, 5.41) is 0. The Bertz CT molecular complexity index is 755. The number of ether oxygens (including phenoxy) is 1. The molecule has 1 heterocycles. The molecule has 130 valence electrons.